The van der Waals surface area contributed by atoms with Gasteiger partial charge in [0, 0.05) is 13.0 Å². The maximum absolute atomic E-state index is 11.5. The van der Waals surface area contributed by atoms with Crippen LogP contribution in [0.1, 0.15) is 39.5 Å². The number of hydrogen-bond acceptors (Lipinski definition) is 2. The molecule has 0 spiro atoms. The van der Waals surface area contributed by atoms with Crippen LogP contribution < -0.4 is 5.32 Å². The smallest absolute Gasteiger partial charge is 0.407 e. The summed E-state index contributed by atoms with van der Waals surface area (Å²) in [6.45, 7) is 5.13. The van der Waals surface area contributed by atoms with E-state index in [1.165, 1.54) is 11.1 Å². The van der Waals surface area contributed by atoms with Crippen LogP contribution in [0.4, 0.5) is 4.79 Å². The Morgan fingerprint density at radius 3 is 2.77 bits per heavy atom. The summed E-state index contributed by atoms with van der Waals surface area (Å²) < 4.78 is 5.11. The Bertz CT molecular complexity index is 482. The molecule has 0 unspecified atom stereocenters. The molecule has 0 saturated heterocycles. The van der Waals surface area contributed by atoms with Crippen LogP contribution in [0, 0.1) is 0 Å². The summed E-state index contributed by atoms with van der Waals surface area (Å²) in [7, 11) is 0. The Kier molecular flexibility index (Phi) is 9.51. The third kappa shape index (κ3) is 9.01. The summed E-state index contributed by atoms with van der Waals surface area (Å²) in [5, 5.41) is 2.79. The molecule has 1 aliphatic carbocycles. The molecule has 0 saturated carbocycles. The van der Waals surface area contributed by atoms with Gasteiger partial charge in [-0.2, -0.15) is 0 Å². The average molecular weight is 301 g/mol. The van der Waals surface area contributed by atoms with Gasteiger partial charge < -0.3 is 10.1 Å². The van der Waals surface area contributed by atoms with Crippen LogP contribution in [0.5, 0.6) is 0 Å². The van der Waals surface area contributed by atoms with Gasteiger partial charge in [-0.3, -0.25) is 0 Å². The van der Waals surface area contributed by atoms with E-state index in [1.807, 2.05) is 38.2 Å². The summed E-state index contributed by atoms with van der Waals surface area (Å²) >= 11 is 0. The fourth-order valence-corrected chi connectivity index (χ4v) is 1.92. The number of carbonyl (C=O) groups excluding carboxylic acids is 1. The molecular formula is C19H27NO2. The lowest BCUT2D eigenvalue weighted by molar-refractivity contribution is 0.147. The van der Waals surface area contributed by atoms with Crippen molar-refractivity contribution in [3.8, 4) is 0 Å². The molecule has 0 radical (unpaired) electrons. The molecule has 3 nitrogen and oxygen atoms in total. The maximum Gasteiger partial charge on any atom is 0.407 e. The van der Waals surface area contributed by atoms with Crippen molar-refractivity contribution >= 4 is 6.09 Å². The molecule has 22 heavy (non-hydrogen) atoms. The van der Waals surface area contributed by atoms with E-state index in [2.05, 4.69) is 29.6 Å². The van der Waals surface area contributed by atoms with Gasteiger partial charge in [0.25, 0.3) is 0 Å². The predicted octanol–water partition coefficient (Wildman–Crippen LogP) is 4.85. The molecule has 1 aliphatic rings. The SMILES string of the molecule is C/C=C(\C)CCOC(=O)NCCCCC1=C/C=C\C=C/C=C\1. The topological polar surface area (TPSA) is 38.3 Å². The van der Waals surface area contributed by atoms with Gasteiger partial charge in [0.1, 0.15) is 0 Å². The van der Waals surface area contributed by atoms with Gasteiger partial charge in [0.2, 0.25) is 0 Å². The second-order valence-electron chi connectivity index (χ2n) is 5.28. The fraction of sp³-hybridized carbons (Fsp3) is 0.421. The summed E-state index contributed by atoms with van der Waals surface area (Å²) in [4.78, 5) is 11.5. The number of hydrogen-bond donors (Lipinski definition) is 1. The molecule has 0 bridgehead atoms. The number of rotatable bonds is 8. The van der Waals surface area contributed by atoms with Crippen LogP contribution in [0.15, 0.2) is 59.8 Å². The summed E-state index contributed by atoms with van der Waals surface area (Å²) in [5.74, 6) is 0. The Morgan fingerprint density at radius 2 is 1.95 bits per heavy atom. The quantitative estimate of drug-likeness (QED) is 0.514. The standard InChI is InChI=1S/C19H27NO2/c1-3-17(2)14-16-22-19(21)20-15-10-9-13-18-11-7-5-4-6-8-12-18/h3-8,11-12H,9-10,13-16H2,1-2H3,(H,20,21)/b5-4-,6-4?,7-5?,8-6-,11-7-,12-8?,17-3+,18-11?,18-12+. The van der Waals surface area contributed by atoms with Gasteiger partial charge in [-0.05, 0) is 38.7 Å². The Balaban J connectivity index is 2.06. The Morgan fingerprint density at radius 1 is 1.18 bits per heavy atom. The van der Waals surface area contributed by atoms with E-state index in [-0.39, 0.29) is 6.09 Å². The first-order valence-electron chi connectivity index (χ1n) is 7.95. The number of ether oxygens (including phenoxy) is 1. The predicted molar refractivity (Wildman–Crippen MR) is 92.8 cm³/mol. The molecular weight excluding hydrogens is 274 g/mol. The highest BCUT2D eigenvalue weighted by molar-refractivity contribution is 5.67. The van der Waals surface area contributed by atoms with Crippen molar-refractivity contribution in [3.05, 3.63) is 59.8 Å². The van der Waals surface area contributed by atoms with E-state index >= 15 is 0 Å². The van der Waals surface area contributed by atoms with E-state index < -0.39 is 0 Å². The molecule has 0 aromatic heterocycles. The molecule has 0 aromatic carbocycles. The van der Waals surface area contributed by atoms with Gasteiger partial charge >= 0.3 is 6.09 Å². The Labute approximate surface area is 134 Å². The highest BCUT2D eigenvalue weighted by atomic mass is 16.5. The lowest BCUT2D eigenvalue weighted by Gasteiger charge is -2.07. The van der Waals surface area contributed by atoms with Crippen molar-refractivity contribution in [1.29, 1.82) is 0 Å². The molecule has 1 amide bonds. The largest absolute Gasteiger partial charge is 0.449 e. The fourth-order valence-electron chi connectivity index (χ4n) is 1.92. The minimum atomic E-state index is -0.318. The summed E-state index contributed by atoms with van der Waals surface area (Å²) in [6, 6.07) is 0. The second kappa shape index (κ2) is 11.6. The zero-order valence-corrected chi connectivity index (χ0v) is 13.7. The molecule has 0 atom stereocenters. The van der Waals surface area contributed by atoms with E-state index in [4.69, 9.17) is 4.74 Å². The van der Waals surface area contributed by atoms with Gasteiger partial charge in [-0.25, -0.2) is 4.79 Å². The molecule has 3 heteroatoms. The molecule has 0 fully saturated rings. The van der Waals surface area contributed by atoms with Gasteiger partial charge in [-0.15, -0.1) is 0 Å². The highest BCUT2D eigenvalue weighted by Crippen LogP contribution is 2.10. The normalized spacial score (nSPS) is 21.0. The molecule has 1 N–H and O–H groups in total. The number of alkyl carbamates (subject to hydrolysis) is 1. The zero-order chi connectivity index (χ0) is 16.0. The number of nitrogens with one attached hydrogen (secondary N) is 1. The van der Waals surface area contributed by atoms with Crippen LogP contribution >= 0.6 is 0 Å². The zero-order valence-electron chi connectivity index (χ0n) is 13.7. The number of unbranched alkanes of at least 4 members (excludes halogenated alkanes) is 1. The number of allylic oxidation sites excluding steroid dienone is 9. The highest BCUT2D eigenvalue weighted by Gasteiger charge is 2.01. The monoisotopic (exact) mass is 301 g/mol. The van der Waals surface area contributed by atoms with E-state index in [0.717, 1.165) is 25.7 Å². The molecule has 0 aliphatic heterocycles. The van der Waals surface area contributed by atoms with E-state index in [1.54, 1.807) is 0 Å². The van der Waals surface area contributed by atoms with Crippen LogP contribution in [0.2, 0.25) is 0 Å². The first-order valence-corrected chi connectivity index (χ1v) is 7.95. The first kappa shape index (κ1) is 18.0. The first-order chi connectivity index (χ1) is 10.7. The van der Waals surface area contributed by atoms with Crippen molar-refractivity contribution in [1.82, 2.24) is 5.32 Å². The van der Waals surface area contributed by atoms with Crippen LogP contribution in [0.25, 0.3) is 0 Å². The van der Waals surface area contributed by atoms with Crippen LogP contribution in [-0.4, -0.2) is 19.2 Å². The number of amides is 1. The second-order valence-corrected chi connectivity index (χ2v) is 5.28. The van der Waals surface area contributed by atoms with Crippen LogP contribution in [0.3, 0.4) is 0 Å². The summed E-state index contributed by atoms with van der Waals surface area (Å²) in [5.41, 5.74) is 2.54. The maximum atomic E-state index is 11.5. The average Bonchev–Trinajstić information content (AvgIpc) is 2.48. The Hall–Kier alpha value is -2.03. The molecule has 0 aromatic rings. The van der Waals surface area contributed by atoms with E-state index in [9.17, 15) is 4.79 Å². The van der Waals surface area contributed by atoms with E-state index in [0.29, 0.717) is 13.2 Å². The molecule has 1 rings (SSSR count). The van der Waals surface area contributed by atoms with Crippen molar-refractivity contribution in [2.45, 2.75) is 39.5 Å². The van der Waals surface area contributed by atoms with Gasteiger partial charge in [0.05, 0.1) is 6.61 Å². The minimum Gasteiger partial charge on any atom is -0.449 e. The molecule has 0 heterocycles. The van der Waals surface area contributed by atoms with Crippen molar-refractivity contribution in [2.24, 2.45) is 0 Å². The van der Waals surface area contributed by atoms with Crippen molar-refractivity contribution in [2.75, 3.05) is 13.2 Å². The molecule has 120 valence electrons. The lowest BCUT2D eigenvalue weighted by atomic mass is 10.1. The van der Waals surface area contributed by atoms with Gasteiger partial charge in [-0.1, -0.05) is 54.2 Å². The van der Waals surface area contributed by atoms with Crippen molar-refractivity contribution < 1.29 is 9.53 Å². The van der Waals surface area contributed by atoms with Gasteiger partial charge in [0.15, 0.2) is 0 Å². The third-order valence-electron chi connectivity index (χ3n) is 3.45. The van der Waals surface area contributed by atoms with Crippen LogP contribution in [-0.2, 0) is 4.74 Å². The third-order valence-corrected chi connectivity index (χ3v) is 3.45. The minimum absolute atomic E-state index is 0.318. The summed E-state index contributed by atoms with van der Waals surface area (Å²) in [6.07, 6.45) is 20.0. The lowest BCUT2D eigenvalue weighted by Crippen LogP contribution is -2.25. The number of carbonyl (C=O) groups is 1. The van der Waals surface area contributed by atoms with Crippen molar-refractivity contribution in [3.63, 3.8) is 0 Å².